The van der Waals surface area contributed by atoms with Crippen molar-refractivity contribution in [3.05, 3.63) is 29.8 Å². The molecule has 1 aliphatic heterocycles. The largest absolute Gasteiger partial charge is 0.497 e. The van der Waals surface area contributed by atoms with E-state index in [2.05, 4.69) is 22.1 Å². The third-order valence-electron chi connectivity index (χ3n) is 2.94. The van der Waals surface area contributed by atoms with Crippen LogP contribution < -0.4 is 4.74 Å². The molecule has 1 saturated heterocycles. The lowest BCUT2D eigenvalue weighted by Gasteiger charge is -2.30. The lowest BCUT2D eigenvalue weighted by molar-refractivity contribution is 0.159. The number of piperazine rings is 1. The van der Waals surface area contributed by atoms with Gasteiger partial charge in [0, 0.05) is 26.2 Å². The maximum absolute atomic E-state index is 8.88. The summed E-state index contributed by atoms with van der Waals surface area (Å²) in [5, 5.41) is 6.60. The fourth-order valence-electron chi connectivity index (χ4n) is 1.78. The van der Waals surface area contributed by atoms with E-state index in [1.165, 1.54) is 0 Å². The van der Waals surface area contributed by atoms with Crippen LogP contribution in [0.3, 0.4) is 0 Å². The zero-order valence-corrected chi connectivity index (χ0v) is 13.6. The Kier molecular flexibility index (Phi) is 7.50. The van der Waals surface area contributed by atoms with E-state index in [9.17, 15) is 0 Å². The topological polar surface area (TPSA) is 106 Å². The molecule has 124 valence electrons. The van der Waals surface area contributed by atoms with Crippen molar-refractivity contribution >= 4 is 14.0 Å². The fraction of sp³-hybridized carbons (Fsp3) is 0.462. The third kappa shape index (κ3) is 8.76. The molecule has 1 fully saturated rings. The summed E-state index contributed by atoms with van der Waals surface area (Å²) >= 11 is 0. The lowest BCUT2D eigenvalue weighted by atomic mass is 10.2. The highest BCUT2D eigenvalue weighted by Crippen LogP contribution is 2.25. The van der Waals surface area contributed by atoms with Gasteiger partial charge in [0.05, 0.1) is 13.3 Å². The Balaban J connectivity index is 0.000000422. The van der Waals surface area contributed by atoms with Crippen LogP contribution in [0, 0.1) is 0 Å². The van der Waals surface area contributed by atoms with Crippen molar-refractivity contribution in [3.63, 3.8) is 0 Å². The van der Waals surface area contributed by atoms with Crippen molar-refractivity contribution in [2.75, 3.05) is 40.3 Å². The standard InChI is InChI=1S/C13H19N3O.H3O4P/c1-15-6-8-16(9-7-15)14-11-12-4-3-5-13(10-12)17-2;1-5(2,3)4/h3-5,10-11H,6-9H2,1-2H3;(H3,1,2,3,4). The van der Waals surface area contributed by atoms with Crippen molar-refractivity contribution in [2.45, 2.75) is 0 Å². The maximum Gasteiger partial charge on any atom is 0.466 e. The minimum absolute atomic E-state index is 0.868. The molecule has 0 atom stereocenters. The Morgan fingerprint density at radius 3 is 2.36 bits per heavy atom. The number of likely N-dealkylation sites (N-methyl/N-ethyl adjacent to an activating group) is 1. The first kappa shape index (κ1) is 18.6. The Labute approximate surface area is 129 Å². The van der Waals surface area contributed by atoms with Gasteiger partial charge in [-0.2, -0.15) is 5.10 Å². The number of hydrazone groups is 1. The summed E-state index contributed by atoms with van der Waals surface area (Å²) in [5.41, 5.74) is 1.07. The monoisotopic (exact) mass is 331 g/mol. The highest BCUT2D eigenvalue weighted by molar-refractivity contribution is 7.45. The molecule has 1 aliphatic rings. The number of phosphoric acid groups is 1. The Hall–Kier alpha value is -1.44. The Morgan fingerprint density at radius 1 is 1.23 bits per heavy atom. The van der Waals surface area contributed by atoms with Crippen molar-refractivity contribution in [3.8, 4) is 5.75 Å². The molecular formula is C13H22N3O5P. The molecule has 0 unspecified atom stereocenters. The zero-order chi connectivity index (χ0) is 16.6. The summed E-state index contributed by atoms with van der Waals surface area (Å²) in [6, 6.07) is 7.93. The molecule has 2 rings (SSSR count). The minimum Gasteiger partial charge on any atom is -0.497 e. The molecule has 0 amide bonds. The van der Waals surface area contributed by atoms with Gasteiger partial charge < -0.3 is 24.3 Å². The molecule has 1 aromatic rings. The quantitative estimate of drug-likeness (QED) is 0.542. The van der Waals surface area contributed by atoms with E-state index in [-0.39, 0.29) is 0 Å². The van der Waals surface area contributed by atoms with Gasteiger partial charge in [0.15, 0.2) is 0 Å². The van der Waals surface area contributed by atoms with Crippen LogP contribution >= 0.6 is 7.82 Å². The smallest absolute Gasteiger partial charge is 0.466 e. The number of hydrogen-bond donors (Lipinski definition) is 3. The van der Waals surface area contributed by atoms with E-state index in [4.69, 9.17) is 24.0 Å². The number of rotatable bonds is 3. The molecule has 0 saturated carbocycles. The molecule has 3 N–H and O–H groups in total. The number of ether oxygens (including phenoxy) is 1. The highest BCUT2D eigenvalue weighted by atomic mass is 31.2. The summed E-state index contributed by atoms with van der Waals surface area (Å²) in [4.78, 5) is 23.9. The van der Waals surface area contributed by atoms with Crippen LogP contribution in [-0.4, -0.2) is 71.1 Å². The summed E-state index contributed by atoms with van der Waals surface area (Å²) in [6.45, 7) is 4.15. The average Bonchev–Trinajstić information content (AvgIpc) is 2.45. The van der Waals surface area contributed by atoms with E-state index >= 15 is 0 Å². The molecule has 1 heterocycles. The van der Waals surface area contributed by atoms with Crippen LogP contribution in [0.25, 0.3) is 0 Å². The van der Waals surface area contributed by atoms with E-state index in [1.807, 2.05) is 30.5 Å². The summed E-state index contributed by atoms with van der Waals surface area (Å²) in [7, 11) is -0.820. The van der Waals surface area contributed by atoms with Gasteiger partial charge in [-0.1, -0.05) is 12.1 Å². The summed E-state index contributed by atoms with van der Waals surface area (Å²) < 4.78 is 14.1. The van der Waals surface area contributed by atoms with Gasteiger partial charge in [0.2, 0.25) is 0 Å². The molecule has 0 aromatic heterocycles. The van der Waals surface area contributed by atoms with Gasteiger partial charge in [-0.15, -0.1) is 0 Å². The van der Waals surface area contributed by atoms with Gasteiger partial charge in [-0.3, -0.25) is 5.01 Å². The lowest BCUT2D eigenvalue weighted by Crippen LogP contribution is -2.41. The molecule has 0 spiro atoms. The van der Waals surface area contributed by atoms with Gasteiger partial charge in [0.1, 0.15) is 5.75 Å². The van der Waals surface area contributed by atoms with Gasteiger partial charge in [-0.25, -0.2) is 4.57 Å². The molecule has 8 nitrogen and oxygen atoms in total. The average molecular weight is 331 g/mol. The Morgan fingerprint density at radius 2 is 1.82 bits per heavy atom. The molecule has 22 heavy (non-hydrogen) atoms. The van der Waals surface area contributed by atoms with E-state index < -0.39 is 7.82 Å². The second-order valence-corrected chi connectivity index (χ2v) is 5.82. The second-order valence-electron chi connectivity index (χ2n) is 4.79. The molecule has 9 heteroatoms. The van der Waals surface area contributed by atoms with E-state index in [1.54, 1.807) is 7.11 Å². The maximum atomic E-state index is 8.88. The molecular weight excluding hydrogens is 309 g/mol. The molecule has 0 aliphatic carbocycles. The summed E-state index contributed by atoms with van der Waals surface area (Å²) in [5.74, 6) is 0.868. The first-order chi connectivity index (χ1) is 10.3. The van der Waals surface area contributed by atoms with E-state index in [0.29, 0.717) is 0 Å². The first-order valence-electron chi connectivity index (χ1n) is 6.68. The van der Waals surface area contributed by atoms with E-state index in [0.717, 1.165) is 37.5 Å². The van der Waals surface area contributed by atoms with Crippen molar-refractivity contribution < 1.29 is 24.0 Å². The van der Waals surface area contributed by atoms with Crippen LogP contribution in [0.5, 0.6) is 5.75 Å². The zero-order valence-electron chi connectivity index (χ0n) is 12.7. The predicted octanol–water partition coefficient (Wildman–Crippen LogP) is 0.348. The normalized spacial score (nSPS) is 16.3. The van der Waals surface area contributed by atoms with Crippen molar-refractivity contribution in [2.24, 2.45) is 5.10 Å². The Bertz CT molecular complexity index is 518. The van der Waals surface area contributed by atoms with Crippen LogP contribution in [-0.2, 0) is 4.57 Å². The van der Waals surface area contributed by atoms with Crippen LogP contribution in [0.4, 0.5) is 0 Å². The number of nitrogens with zero attached hydrogens (tertiary/aromatic N) is 3. The van der Waals surface area contributed by atoms with Crippen LogP contribution in [0.15, 0.2) is 29.4 Å². The molecule has 0 radical (unpaired) electrons. The third-order valence-corrected chi connectivity index (χ3v) is 2.94. The highest BCUT2D eigenvalue weighted by Gasteiger charge is 2.10. The number of hydrogen-bond acceptors (Lipinski definition) is 5. The van der Waals surface area contributed by atoms with Crippen LogP contribution in [0.1, 0.15) is 5.56 Å². The minimum atomic E-state index is -4.64. The van der Waals surface area contributed by atoms with Gasteiger partial charge >= 0.3 is 7.82 Å². The van der Waals surface area contributed by atoms with Crippen LogP contribution in [0.2, 0.25) is 0 Å². The second kappa shape index (κ2) is 8.87. The van der Waals surface area contributed by atoms with Gasteiger partial charge in [-0.05, 0) is 24.7 Å². The SMILES string of the molecule is COc1cccc(C=NN2CCN(C)CC2)c1.O=P(O)(O)O. The predicted molar refractivity (Wildman–Crippen MR) is 83.9 cm³/mol. The van der Waals surface area contributed by atoms with Crippen molar-refractivity contribution in [1.29, 1.82) is 0 Å². The number of methoxy groups -OCH3 is 1. The van der Waals surface area contributed by atoms with Crippen molar-refractivity contribution in [1.82, 2.24) is 9.91 Å². The fourth-order valence-corrected chi connectivity index (χ4v) is 1.78. The first-order valence-corrected chi connectivity index (χ1v) is 8.24. The molecule has 0 bridgehead atoms. The van der Waals surface area contributed by atoms with Gasteiger partial charge in [0.25, 0.3) is 0 Å². The molecule has 1 aromatic carbocycles. The number of benzene rings is 1. The summed E-state index contributed by atoms with van der Waals surface area (Å²) in [6.07, 6.45) is 1.90.